The van der Waals surface area contributed by atoms with Crippen molar-refractivity contribution in [2.45, 2.75) is 82.3 Å². The SMILES string of the molecule is O=C1CCC(n2nnc3ccc(N4CCC(CN5CCC(CCNc6ncnc7c6ncn7C6CC(NC(=O)Cc7ccccc7)C6)CC5)CC4)cc3c2=O)C(=O)N1. The van der Waals surface area contributed by atoms with Crippen LogP contribution in [0.25, 0.3) is 22.1 Å². The number of carbonyl (C=O) groups excluding carboxylic acids is 3. The second-order valence-electron chi connectivity index (χ2n) is 16.5. The van der Waals surface area contributed by atoms with E-state index in [1.165, 1.54) is 12.8 Å². The molecule has 1 aliphatic carbocycles. The lowest BCUT2D eigenvalue weighted by atomic mass is 9.86. The molecule has 3 aromatic heterocycles. The molecule has 9 rings (SSSR count). The summed E-state index contributed by atoms with van der Waals surface area (Å²) in [5.41, 5.74) is 3.75. The molecule has 16 heteroatoms. The van der Waals surface area contributed by atoms with Gasteiger partial charge in [0.2, 0.25) is 11.8 Å². The number of hydrogen-bond donors (Lipinski definition) is 3. The number of benzene rings is 2. The van der Waals surface area contributed by atoms with Crippen LogP contribution in [0.2, 0.25) is 0 Å². The van der Waals surface area contributed by atoms with Crippen molar-refractivity contribution in [1.29, 1.82) is 0 Å². The maximum absolute atomic E-state index is 13.4. The fourth-order valence-electron chi connectivity index (χ4n) is 9.19. The Kier molecular flexibility index (Phi) is 10.8. The van der Waals surface area contributed by atoms with Gasteiger partial charge >= 0.3 is 0 Å². The number of hydrogen-bond acceptors (Lipinski definition) is 12. The van der Waals surface area contributed by atoms with E-state index >= 15 is 0 Å². The van der Waals surface area contributed by atoms with E-state index in [9.17, 15) is 19.2 Å². The lowest BCUT2D eigenvalue weighted by molar-refractivity contribution is -0.136. The highest BCUT2D eigenvalue weighted by molar-refractivity contribution is 5.99. The number of carbonyl (C=O) groups is 3. The van der Waals surface area contributed by atoms with Crippen LogP contribution in [0.1, 0.15) is 75.4 Å². The van der Waals surface area contributed by atoms with Crippen molar-refractivity contribution in [2.24, 2.45) is 11.8 Å². The maximum Gasteiger partial charge on any atom is 0.278 e. The van der Waals surface area contributed by atoms with Crippen molar-refractivity contribution in [3.8, 4) is 0 Å². The molecule has 3 aliphatic heterocycles. The van der Waals surface area contributed by atoms with Crippen LogP contribution >= 0.6 is 0 Å². The van der Waals surface area contributed by atoms with Gasteiger partial charge in [-0.25, -0.2) is 15.0 Å². The molecule has 3 N–H and O–H groups in total. The zero-order valence-electron chi connectivity index (χ0n) is 32.6. The molecule has 302 valence electrons. The van der Waals surface area contributed by atoms with Gasteiger partial charge in [-0.05, 0) is 100 Å². The summed E-state index contributed by atoms with van der Waals surface area (Å²) in [6.45, 7) is 6.03. The second kappa shape index (κ2) is 16.6. The van der Waals surface area contributed by atoms with Crippen molar-refractivity contribution < 1.29 is 14.4 Å². The first-order valence-corrected chi connectivity index (χ1v) is 20.8. The molecule has 6 heterocycles. The Bertz CT molecular complexity index is 2340. The molecular weight excluding hydrogens is 737 g/mol. The Morgan fingerprint density at radius 2 is 1.67 bits per heavy atom. The van der Waals surface area contributed by atoms with Crippen molar-refractivity contribution >= 4 is 51.3 Å². The van der Waals surface area contributed by atoms with Gasteiger partial charge in [0.1, 0.15) is 23.4 Å². The van der Waals surface area contributed by atoms with Crippen LogP contribution < -0.4 is 26.4 Å². The number of nitrogens with zero attached hydrogens (tertiary/aromatic N) is 9. The summed E-state index contributed by atoms with van der Waals surface area (Å²) >= 11 is 0. The molecule has 3 saturated heterocycles. The summed E-state index contributed by atoms with van der Waals surface area (Å²) in [5, 5.41) is 17.7. The molecule has 58 heavy (non-hydrogen) atoms. The van der Waals surface area contributed by atoms with Crippen molar-refractivity contribution in [3.05, 3.63) is 77.1 Å². The minimum Gasteiger partial charge on any atom is -0.371 e. The summed E-state index contributed by atoms with van der Waals surface area (Å²) in [6.07, 6.45) is 11.6. The third kappa shape index (κ3) is 8.15. The number of amides is 3. The third-order valence-electron chi connectivity index (χ3n) is 12.7. The zero-order valence-corrected chi connectivity index (χ0v) is 32.6. The standard InChI is InChI=1S/C42H50N12O4/c55-36-9-8-35(41(57)48-36)54-42(58)33-23-31(6-7-34(33)49-50-54)52-18-13-29(14-19-52)24-51-16-11-27(12-17-51)10-15-43-39-38-40(45-25-44-39)53(26-46-38)32-21-30(22-32)47-37(56)20-28-4-2-1-3-5-28/h1-7,23,25-27,29-30,32,35H,8-22,24H2,(H,47,56)(H,43,44,45)(H,48,55,57). The monoisotopic (exact) mass is 786 g/mol. The number of piperidine rings is 3. The molecular formula is C42H50N12O4. The normalized spacial score (nSPS) is 22.2. The predicted molar refractivity (Wildman–Crippen MR) is 218 cm³/mol. The topological polar surface area (TPSA) is 185 Å². The van der Waals surface area contributed by atoms with E-state index in [1.807, 2.05) is 54.9 Å². The quantitative estimate of drug-likeness (QED) is 0.157. The maximum atomic E-state index is 13.4. The van der Waals surface area contributed by atoms with Crippen LogP contribution in [0, 0.1) is 11.8 Å². The predicted octanol–water partition coefficient (Wildman–Crippen LogP) is 3.40. The van der Waals surface area contributed by atoms with E-state index < -0.39 is 11.9 Å². The van der Waals surface area contributed by atoms with Gasteiger partial charge in [-0.3, -0.25) is 24.5 Å². The Hall–Kier alpha value is -5.77. The number of rotatable bonds is 12. The number of imidazole rings is 1. The Balaban J connectivity index is 0.702. The third-order valence-corrected chi connectivity index (χ3v) is 12.7. The largest absolute Gasteiger partial charge is 0.371 e. The number of nitrogens with one attached hydrogen (secondary N) is 3. The molecule has 1 saturated carbocycles. The smallest absolute Gasteiger partial charge is 0.278 e. The molecule has 4 fully saturated rings. The first-order valence-electron chi connectivity index (χ1n) is 20.8. The number of likely N-dealkylation sites (tertiary alicyclic amines) is 1. The van der Waals surface area contributed by atoms with E-state index in [0.717, 1.165) is 104 Å². The van der Waals surface area contributed by atoms with E-state index in [4.69, 9.17) is 4.98 Å². The van der Waals surface area contributed by atoms with Gasteiger partial charge in [-0.1, -0.05) is 35.5 Å². The molecule has 0 radical (unpaired) electrons. The second-order valence-corrected chi connectivity index (χ2v) is 16.5. The van der Waals surface area contributed by atoms with Crippen molar-refractivity contribution in [3.63, 3.8) is 0 Å². The molecule has 3 amide bonds. The van der Waals surface area contributed by atoms with Crippen LogP contribution in [0.4, 0.5) is 11.5 Å². The molecule has 4 aliphatic rings. The lowest BCUT2D eigenvalue weighted by Crippen LogP contribution is -2.45. The Morgan fingerprint density at radius 3 is 2.47 bits per heavy atom. The van der Waals surface area contributed by atoms with Gasteiger partial charge in [0.25, 0.3) is 11.5 Å². The van der Waals surface area contributed by atoms with Gasteiger partial charge in [0.15, 0.2) is 11.5 Å². The highest BCUT2D eigenvalue weighted by atomic mass is 16.2. The Labute approximate surface area is 335 Å². The summed E-state index contributed by atoms with van der Waals surface area (Å²) < 4.78 is 3.25. The molecule has 5 aromatic rings. The van der Waals surface area contributed by atoms with Crippen LogP contribution in [-0.2, 0) is 20.8 Å². The minimum absolute atomic E-state index is 0.0597. The lowest BCUT2D eigenvalue weighted by Gasteiger charge is -2.38. The highest BCUT2D eigenvalue weighted by Gasteiger charge is 2.34. The summed E-state index contributed by atoms with van der Waals surface area (Å²) in [6, 6.07) is 15.1. The molecule has 1 unspecified atom stereocenters. The number of anilines is 2. The first kappa shape index (κ1) is 37.8. The molecule has 0 bridgehead atoms. The van der Waals surface area contributed by atoms with E-state index in [0.29, 0.717) is 29.2 Å². The van der Waals surface area contributed by atoms with E-state index in [2.05, 4.69) is 50.6 Å². The summed E-state index contributed by atoms with van der Waals surface area (Å²) in [4.78, 5) is 68.7. The fourth-order valence-corrected chi connectivity index (χ4v) is 9.19. The van der Waals surface area contributed by atoms with Crippen LogP contribution in [0.5, 0.6) is 0 Å². The molecule has 2 aromatic carbocycles. The highest BCUT2D eigenvalue weighted by Crippen LogP contribution is 2.35. The number of fused-ring (bicyclic) bond motifs is 2. The average Bonchev–Trinajstić information content (AvgIpc) is 3.65. The van der Waals surface area contributed by atoms with Gasteiger partial charge in [-0.2, -0.15) is 4.68 Å². The van der Waals surface area contributed by atoms with Crippen molar-refractivity contribution in [2.75, 3.05) is 49.5 Å². The number of aromatic nitrogens is 7. The van der Waals surface area contributed by atoms with Gasteiger partial charge < -0.3 is 25.0 Å². The van der Waals surface area contributed by atoms with Gasteiger partial charge in [0, 0.05) is 50.4 Å². The zero-order chi connectivity index (χ0) is 39.6. The molecule has 16 nitrogen and oxygen atoms in total. The minimum atomic E-state index is -0.836. The molecule has 0 spiro atoms. The Morgan fingerprint density at radius 1 is 0.879 bits per heavy atom. The van der Waals surface area contributed by atoms with Crippen LogP contribution in [-0.4, -0.2) is 102 Å². The first-order chi connectivity index (χ1) is 28.3. The van der Waals surface area contributed by atoms with Crippen LogP contribution in [0.15, 0.2) is 66.0 Å². The van der Waals surface area contributed by atoms with Crippen LogP contribution in [0.3, 0.4) is 0 Å². The van der Waals surface area contributed by atoms with Gasteiger partial charge in [0.05, 0.1) is 18.1 Å². The summed E-state index contributed by atoms with van der Waals surface area (Å²) in [7, 11) is 0. The van der Waals surface area contributed by atoms with Gasteiger partial charge in [-0.15, -0.1) is 5.10 Å². The number of imide groups is 1. The van der Waals surface area contributed by atoms with E-state index in [-0.39, 0.29) is 42.3 Å². The molecule has 1 atom stereocenters. The van der Waals surface area contributed by atoms with E-state index in [1.54, 1.807) is 6.33 Å². The van der Waals surface area contributed by atoms with Crippen molar-refractivity contribution in [1.82, 2.24) is 50.0 Å². The summed E-state index contributed by atoms with van der Waals surface area (Å²) in [5.74, 6) is 1.29. The fraction of sp³-hybridized carbons (Fsp3) is 0.500. The average molecular weight is 787 g/mol.